The van der Waals surface area contributed by atoms with Crippen molar-refractivity contribution in [3.05, 3.63) is 12.3 Å². The van der Waals surface area contributed by atoms with Crippen LogP contribution < -0.4 is 0 Å². The molecule has 0 spiro atoms. The lowest BCUT2D eigenvalue weighted by Crippen LogP contribution is -2.33. The molecule has 0 saturated carbocycles. The average Bonchev–Trinajstić information content (AvgIpc) is 2.11. The highest BCUT2D eigenvalue weighted by Gasteiger charge is 2.29. The second-order valence-electron chi connectivity index (χ2n) is 5.03. The summed E-state index contributed by atoms with van der Waals surface area (Å²) in [6.45, 7) is 13.3. The van der Waals surface area contributed by atoms with E-state index in [2.05, 4.69) is 47.6 Å². The van der Waals surface area contributed by atoms with E-state index in [1.807, 2.05) is 6.26 Å². The second kappa shape index (κ2) is 5.59. The fourth-order valence-electron chi connectivity index (χ4n) is 1.38. The van der Waals surface area contributed by atoms with E-state index in [-0.39, 0.29) is 5.41 Å². The van der Waals surface area contributed by atoms with Gasteiger partial charge in [0.05, 0.1) is 6.26 Å². The molecule has 0 aliphatic rings. The molecule has 0 aromatic rings. The van der Waals surface area contributed by atoms with Crippen LogP contribution in [-0.2, 0) is 4.43 Å². The van der Waals surface area contributed by atoms with Crippen molar-refractivity contribution in [2.24, 2.45) is 5.41 Å². The Morgan fingerprint density at radius 2 is 1.43 bits per heavy atom. The van der Waals surface area contributed by atoms with Crippen LogP contribution in [0.1, 0.15) is 41.5 Å². The minimum absolute atomic E-state index is 0.232. The van der Waals surface area contributed by atoms with Crippen LogP contribution in [-0.4, -0.2) is 8.32 Å². The van der Waals surface area contributed by atoms with Gasteiger partial charge in [-0.05, 0) is 29.6 Å². The first-order valence-electron chi connectivity index (χ1n) is 5.74. The molecule has 0 amide bonds. The van der Waals surface area contributed by atoms with E-state index < -0.39 is 8.32 Å². The molecule has 0 saturated heterocycles. The van der Waals surface area contributed by atoms with Gasteiger partial charge in [0.15, 0.2) is 0 Å². The van der Waals surface area contributed by atoms with E-state index in [0.29, 0.717) is 0 Å². The van der Waals surface area contributed by atoms with Crippen molar-refractivity contribution in [3.63, 3.8) is 0 Å². The summed E-state index contributed by atoms with van der Waals surface area (Å²) >= 11 is 0. The van der Waals surface area contributed by atoms with Crippen molar-refractivity contribution in [1.82, 2.24) is 0 Å². The number of hydrogen-bond acceptors (Lipinski definition) is 1. The molecule has 0 atom stereocenters. The second-order valence-corrected chi connectivity index (χ2v) is 9.75. The first kappa shape index (κ1) is 13.8. The van der Waals surface area contributed by atoms with Gasteiger partial charge in [-0.2, -0.15) is 0 Å². The zero-order chi connectivity index (χ0) is 11.2. The molecule has 2 heteroatoms. The van der Waals surface area contributed by atoms with Gasteiger partial charge in [0.25, 0.3) is 0 Å². The van der Waals surface area contributed by atoms with Gasteiger partial charge in [0.2, 0.25) is 8.32 Å². The van der Waals surface area contributed by atoms with Crippen LogP contribution in [0.4, 0.5) is 0 Å². The van der Waals surface area contributed by atoms with Crippen molar-refractivity contribution < 1.29 is 4.43 Å². The molecule has 84 valence electrons. The van der Waals surface area contributed by atoms with Crippen LogP contribution in [0.25, 0.3) is 0 Å². The number of rotatable bonds is 5. The Morgan fingerprint density at radius 1 is 1.00 bits per heavy atom. The zero-order valence-corrected chi connectivity index (χ0v) is 11.7. The Labute approximate surface area is 90.7 Å². The van der Waals surface area contributed by atoms with E-state index in [4.69, 9.17) is 4.43 Å². The smallest absolute Gasteiger partial charge is 0.249 e. The van der Waals surface area contributed by atoms with E-state index in [9.17, 15) is 0 Å². The minimum Gasteiger partial charge on any atom is -0.549 e. The molecule has 0 aromatic carbocycles. The molecule has 0 N–H and O–H groups in total. The molecule has 14 heavy (non-hydrogen) atoms. The molecule has 1 nitrogen and oxygen atoms in total. The Bertz CT molecular complexity index is 167. The van der Waals surface area contributed by atoms with Crippen molar-refractivity contribution in [2.45, 2.75) is 59.7 Å². The lowest BCUT2D eigenvalue weighted by Gasteiger charge is -2.27. The lowest BCUT2D eigenvalue weighted by molar-refractivity contribution is 0.437. The first-order valence-corrected chi connectivity index (χ1v) is 8.27. The summed E-state index contributed by atoms with van der Waals surface area (Å²) in [5.41, 5.74) is 0.232. The maximum absolute atomic E-state index is 6.01. The van der Waals surface area contributed by atoms with E-state index in [1.54, 1.807) is 0 Å². The van der Waals surface area contributed by atoms with Crippen LogP contribution in [0.3, 0.4) is 0 Å². The van der Waals surface area contributed by atoms with Gasteiger partial charge in [-0.3, -0.25) is 0 Å². The maximum Gasteiger partial charge on any atom is 0.249 e. The summed E-state index contributed by atoms with van der Waals surface area (Å²) < 4.78 is 6.01. The Kier molecular flexibility index (Phi) is 5.50. The van der Waals surface area contributed by atoms with Gasteiger partial charge in [0, 0.05) is 0 Å². The van der Waals surface area contributed by atoms with E-state index >= 15 is 0 Å². The highest BCUT2D eigenvalue weighted by molar-refractivity contribution is 6.73. The van der Waals surface area contributed by atoms with Crippen LogP contribution in [0, 0.1) is 5.41 Å². The van der Waals surface area contributed by atoms with Gasteiger partial charge < -0.3 is 4.43 Å². The minimum atomic E-state index is -1.40. The van der Waals surface area contributed by atoms with E-state index in [0.717, 1.165) is 0 Å². The van der Waals surface area contributed by atoms with Crippen molar-refractivity contribution in [2.75, 3.05) is 0 Å². The van der Waals surface area contributed by atoms with Crippen LogP contribution in [0.2, 0.25) is 18.1 Å². The maximum atomic E-state index is 6.01. The molecule has 0 aromatic heterocycles. The predicted octanol–water partition coefficient (Wildman–Crippen LogP) is 4.57. The predicted molar refractivity (Wildman–Crippen MR) is 66.9 cm³/mol. The van der Waals surface area contributed by atoms with Gasteiger partial charge in [-0.25, -0.2) is 0 Å². The molecular formula is C12H26OSi. The Hall–Kier alpha value is -0.243. The lowest BCUT2D eigenvalue weighted by atomic mass is 9.98. The molecule has 0 radical (unpaired) electrons. The molecule has 0 heterocycles. The summed E-state index contributed by atoms with van der Waals surface area (Å²) in [5, 5.41) is 0. The monoisotopic (exact) mass is 214 g/mol. The first-order chi connectivity index (χ1) is 6.39. The molecular weight excluding hydrogens is 188 g/mol. The standard InChI is InChI=1S/C12H26OSi/c1-7-14(8-2,9-3)13-11-10-12(4,5)6/h10-11H,7-9H2,1-6H3/b11-10-. The summed E-state index contributed by atoms with van der Waals surface area (Å²) in [7, 11) is -1.40. The zero-order valence-electron chi connectivity index (χ0n) is 10.7. The Morgan fingerprint density at radius 3 is 1.71 bits per heavy atom. The van der Waals surface area contributed by atoms with Gasteiger partial charge in [-0.1, -0.05) is 41.5 Å². The quantitative estimate of drug-likeness (QED) is 0.481. The topological polar surface area (TPSA) is 9.23 Å². The number of allylic oxidation sites excluding steroid dienone is 1. The average molecular weight is 214 g/mol. The highest BCUT2D eigenvalue weighted by atomic mass is 28.4. The normalized spacial score (nSPS) is 13.6. The fraction of sp³-hybridized carbons (Fsp3) is 0.833. The van der Waals surface area contributed by atoms with E-state index in [1.165, 1.54) is 18.1 Å². The van der Waals surface area contributed by atoms with Crippen LogP contribution in [0.5, 0.6) is 0 Å². The molecule has 0 fully saturated rings. The summed E-state index contributed by atoms with van der Waals surface area (Å²) in [6.07, 6.45) is 4.11. The van der Waals surface area contributed by atoms with Gasteiger partial charge in [-0.15, -0.1) is 0 Å². The van der Waals surface area contributed by atoms with Crippen LogP contribution in [0.15, 0.2) is 12.3 Å². The third-order valence-electron chi connectivity index (χ3n) is 2.82. The third kappa shape index (κ3) is 4.84. The van der Waals surface area contributed by atoms with Crippen molar-refractivity contribution >= 4 is 8.32 Å². The Balaban J connectivity index is 4.26. The van der Waals surface area contributed by atoms with Crippen molar-refractivity contribution in [3.8, 4) is 0 Å². The summed E-state index contributed by atoms with van der Waals surface area (Å²) in [6, 6.07) is 3.65. The fourth-order valence-corrected chi connectivity index (χ4v) is 3.74. The number of hydrogen-bond donors (Lipinski definition) is 0. The van der Waals surface area contributed by atoms with Gasteiger partial charge in [0.1, 0.15) is 0 Å². The molecule has 0 unspecified atom stereocenters. The summed E-state index contributed by atoms with van der Waals surface area (Å²) in [4.78, 5) is 0. The SMILES string of the molecule is CC[Si](CC)(CC)O/C=C\C(C)(C)C. The highest BCUT2D eigenvalue weighted by Crippen LogP contribution is 2.23. The van der Waals surface area contributed by atoms with Crippen LogP contribution >= 0.6 is 0 Å². The third-order valence-corrected chi connectivity index (χ3v) is 7.32. The molecule has 0 bridgehead atoms. The summed E-state index contributed by atoms with van der Waals surface area (Å²) in [5.74, 6) is 0. The van der Waals surface area contributed by atoms with Gasteiger partial charge >= 0.3 is 0 Å². The molecule has 0 rings (SSSR count). The molecule has 0 aliphatic carbocycles. The largest absolute Gasteiger partial charge is 0.549 e. The molecule has 0 aliphatic heterocycles. The van der Waals surface area contributed by atoms with Crippen molar-refractivity contribution in [1.29, 1.82) is 0 Å².